The largest absolute Gasteiger partial charge is 0.497 e. The van der Waals surface area contributed by atoms with E-state index in [9.17, 15) is 8.42 Å². The van der Waals surface area contributed by atoms with E-state index in [2.05, 4.69) is 16.9 Å². The maximum atomic E-state index is 12.3. The van der Waals surface area contributed by atoms with E-state index in [1.165, 1.54) is 6.21 Å². The number of hydrazone groups is 1. The van der Waals surface area contributed by atoms with E-state index >= 15 is 0 Å². The number of benzene rings is 2. The van der Waals surface area contributed by atoms with Gasteiger partial charge in [0.1, 0.15) is 29.6 Å². The third kappa shape index (κ3) is 5.87. The third-order valence-corrected chi connectivity index (χ3v) is 5.50. The molecule has 0 radical (unpaired) electrons. The summed E-state index contributed by atoms with van der Waals surface area (Å²) in [5.74, 6) is 2.42. The van der Waals surface area contributed by atoms with Crippen molar-refractivity contribution in [1.82, 2.24) is 4.83 Å². The molecule has 0 saturated heterocycles. The fourth-order valence-electron chi connectivity index (χ4n) is 2.70. The molecule has 158 valence electrons. The Kier molecular flexibility index (Phi) is 7.13. The molecule has 0 aliphatic carbocycles. The Morgan fingerprint density at radius 1 is 1.00 bits per heavy atom. The number of hydrogen-bond acceptors (Lipinski definition) is 6. The molecule has 2 aromatic carbocycles. The first-order valence-corrected chi connectivity index (χ1v) is 11.0. The van der Waals surface area contributed by atoms with Crippen LogP contribution in [0, 0.1) is 0 Å². The van der Waals surface area contributed by atoms with Crippen molar-refractivity contribution >= 4 is 16.2 Å². The molecule has 0 bridgehead atoms. The van der Waals surface area contributed by atoms with Gasteiger partial charge in [0, 0.05) is 0 Å². The Bertz CT molecular complexity index is 1070. The summed E-state index contributed by atoms with van der Waals surface area (Å²) in [7, 11) is -2.13. The van der Waals surface area contributed by atoms with Crippen molar-refractivity contribution in [2.24, 2.45) is 5.10 Å². The molecule has 0 spiro atoms. The molecule has 0 unspecified atom stereocenters. The molecule has 8 heteroatoms. The molecule has 0 fully saturated rings. The molecule has 0 aliphatic heterocycles. The van der Waals surface area contributed by atoms with Crippen LogP contribution in [0.5, 0.6) is 11.5 Å². The monoisotopic (exact) mass is 428 g/mol. The number of ether oxygens (including phenoxy) is 2. The molecule has 1 aromatic heterocycles. The van der Waals surface area contributed by atoms with Crippen molar-refractivity contribution in [1.29, 1.82) is 0 Å². The molecule has 7 nitrogen and oxygen atoms in total. The molecule has 0 atom stereocenters. The van der Waals surface area contributed by atoms with Gasteiger partial charge in [0.15, 0.2) is 0 Å². The minimum Gasteiger partial charge on any atom is -0.497 e. The smallest absolute Gasteiger partial charge is 0.276 e. The van der Waals surface area contributed by atoms with E-state index in [0.29, 0.717) is 17.3 Å². The van der Waals surface area contributed by atoms with Crippen LogP contribution in [-0.2, 0) is 23.1 Å². The summed E-state index contributed by atoms with van der Waals surface area (Å²) in [6.45, 7) is 2.31. The van der Waals surface area contributed by atoms with Gasteiger partial charge in [0.2, 0.25) is 0 Å². The zero-order chi connectivity index (χ0) is 21.4. The SMILES string of the molecule is CCCc1ccc(S(=O)(=O)NN=Cc2ccc(COc3ccc(OC)cc3)o2)cc1. The van der Waals surface area contributed by atoms with Gasteiger partial charge in [0.05, 0.1) is 18.2 Å². The molecule has 0 aliphatic rings. The number of rotatable bonds is 10. The third-order valence-electron chi connectivity index (χ3n) is 4.26. The zero-order valence-electron chi connectivity index (χ0n) is 16.9. The lowest BCUT2D eigenvalue weighted by Gasteiger charge is -2.05. The lowest BCUT2D eigenvalue weighted by Crippen LogP contribution is -2.18. The van der Waals surface area contributed by atoms with Gasteiger partial charge < -0.3 is 13.9 Å². The van der Waals surface area contributed by atoms with Crippen LogP contribution in [0.4, 0.5) is 0 Å². The van der Waals surface area contributed by atoms with Crippen molar-refractivity contribution in [3.8, 4) is 11.5 Å². The van der Waals surface area contributed by atoms with Crippen LogP contribution < -0.4 is 14.3 Å². The molecular weight excluding hydrogens is 404 g/mol. The van der Waals surface area contributed by atoms with Crippen LogP contribution >= 0.6 is 0 Å². The highest BCUT2D eigenvalue weighted by Gasteiger charge is 2.12. The molecular formula is C22H24N2O5S. The normalized spacial score (nSPS) is 11.5. The Hall–Kier alpha value is -3.26. The van der Waals surface area contributed by atoms with E-state index in [1.54, 1.807) is 55.6 Å². The Balaban J connectivity index is 1.54. The van der Waals surface area contributed by atoms with Crippen molar-refractivity contribution < 1.29 is 22.3 Å². The number of sulfonamides is 1. The lowest BCUT2D eigenvalue weighted by molar-refractivity contribution is 0.269. The molecule has 30 heavy (non-hydrogen) atoms. The lowest BCUT2D eigenvalue weighted by atomic mass is 10.1. The second kappa shape index (κ2) is 9.98. The molecule has 1 heterocycles. The highest BCUT2D eigenvalue weighted by atomic mass is 32.2. The zero-order valence-corrected chi connectivity index (χ0v) is 17.7. The Morgan fingerprint density at radius 2 is 1.70 bits per heavy atom. The number of nitrogens with zero attached hydrogens (tertiary/aromatic N) is 1. The first kappa shape index (κ1) is 21.4. The van der Waals surface area contributed by atoms with Gasteiger partial charge in [-0.1, -0.05) is 25.5 Å². The molecule has 3 aromatic rings. The van der Waals surface area contributed by atoms with Gasteiger partial charge in [-0.05, 0) is 60.5 Å². The van der Waals surface area contributed by atoms with Crippen molar-refractivity contribution in [2.45, 2.75) is 31.3 Å². The summed E-state index contributed by atoms with van der Waals surface area (Å²) < 4.78 is 41.0. The van der Waals surface area contributed by atoms with Crippen LogP contribution in [0.1, 0.15) is 30.4 Å². The number of furan rings is 1. The summed E-state index contributed by atoms with van der Waals surface area (Å²) in [6, 6.07) is 17.4. The van der Waals surface area contributed by atoms with Gasteiger partial charge in [-0.3, -0.25) is 0 Å². The molecule has 0 amide bonds. The van der Waals surface area contributed by atoms with Gasteiger partial charge >= 0.3 is 0 Å². The van der Waals surface area contributed by atoms with Gasteiger partial charge in [-0.2, -0.15) is 18.4 Å². The predicted molar refractivity (Wildman–Crippen MR) is 114 cm³/mol. The minimum absolute atomic E-state index is 0.160. The molecule has 0 saturated carbocycles. The maximum Gasteiger partial charge on any atom is 0.276 e. The number of nitrogens with one attached hydrogen (secondary N) is 1. The highest BCUT2D eigenvalue weighted by molar-refractivity contribution is 7.89. The summed E-state index contributed by atoms with van der Waals surface area (Å²) in [6.07, 6.45) is 3.22. The second-order valence-electron chi connectivity index (χ2n) is 6.52. The fraction of sp³-hybridized carbons (Fsp3) is 0.227. The summed E-state index contributed by atoms with van der Waals surface area (Å²) in [5.41, 5.74) is 1.10. The van der Waals surface area contributed by atoms with Crippen LogP contribution in [-0.4, -0.2) is 21.7 Å². The quantitative estimate of drug-likeness (QED) is 0.387. The summed E-state index contributed by atoms with van der Waals surface area (Å²) >= 11 is 0. The van der Waals surface area contributed by atoms with Crippen LogP contribution in [0.2, 0.25) is 0 Å². The van der Waals surface area contributed by atoms with Crippen LogP contribution in [0.25, 0.3) is 0 Å². The average Bonchev–Trinajstić information content (AvgIpc) is 3.21. The molecule has 1 N–H and O–H groups in total. The van der Waals surface area contributed by atoms with E-state index < -0.39 is 10.0 Å². The van der Waals surface area contributed by atoms with Gasteiger partial charge in [-0.25, -0.2) is 0 Å². The second-order valence-corrected chi connectivity index (χ2v) is 8.18. The number of methoxy groups -OCH3 is 1. The van der Waals surface area contributed by atoms with E-state index in [4.69, 9.17) is 13.9 Å². The Labute approximate surface area is 176 Å². The van der Waals surface area contributed by atoms with E-state index in [0.717, 1.165) is 24.2 Å². The van der Waals surface area contributed by atoms with E-state index in [-0.39, 0.29) is 11.5 Å². The first-order valence-electron chi connectivity index (χ1n) is 9.49. The highest BCUT2D eigenvalue weighted by Crippen LogP contribution is 2.18. The van der Waals surface area contributed by atoms with Crippen molar-refractivity contribution in [3.05, 3.63) is 77.7 Å². The van der Waals surface area contributed by atoms with Crippen LogP contribution in [0.15, 0.2) is 75.1 Å². The van der Waals surface area contributed by atoms with Crippen molar-refractivity contribution in [3.63, 3.8) is 0 Å². The topological polar surface area (TPSA) is 90.1 Å². The van der Waals surface area contributed by atoms with Gasteiger partial charge in [0.25, 0.3) is 10.0 Å². The van der Waals surface area contributed by atoms with Crippen molar-refractivity contribution in [2.75, 3.05) is 7.11 Å². The Morgan fingerprint density at radius 3 is 2.37 bits per heavy atom. The maximum absolute atomic E-state index is 12.3. The molecule has 3 rings (SSSR count). The fourth-order valence-corrected chi connectivity index (χ4v) is 3.50. The van der Waals surface area contributed by atoms with E-state index in [1.807, 2.05) is 12.1 Å². The van der Waals surface area contributed by atoms with Gasteiger partial charge in [-0.15, -0.1) is 0 Å². The average molecular weight is 429 g/mol. The summed E-state index contributed by atoms with van der Waals surface area (Å²) in [5, 5.41) is 3.79. The number of hydrogen-bond donors (Lipinski definition) is 1. The van der Waals surface area contributed by atoms with Crippen LogP contribution in [0.3, 0.4) is 0 Å². The standard InChI is InChI=1S/C22H24N2O5S/c1-3-4-17-5-13-22(14-6-17)30(25,26)24-23-15-20-11-12-21(29-20)16-28-19-9-7-18(27-2)8-10-19/h5-15,24H,3-4,16H2,1-2H3. The first-order chi connectivity index (χ1) is 14.5. The predicted octanol–water partition coefficient (Wildman–Crippen LogP) is 4.13. The minimum atomic E-state index is -3.73. The number of aryl methyl sites for hydroxylation is 1. The summed E-state index contributed by atoms with van der Waals surface area (Å²) in [4.78, 5) is 2.35.